The van der Waals surface area contributed by atoms with E-state index in [9.17, 15) is 0 Å². The van der Waals surface area contributed by atoms with Crippen LogP contribution < -0.4 is 9.80 Å². The van der Waals surface area contributed by atoms with Gasteiger partial charge >= 0.3 is 0 Å². The Labute approximate surface area is 217 Å². The predicted molar refractivity (Wildman–Crippen MR) is 148 cm³/mol. The number of fused-ring (bicyclic) bond motifs is 2. The second-order valence-electron chi connectivity index (χ2n) is 11.2. The van der Waals surface area contributed by atoms with Gasteiger partial charge in [0.2, 0.25) is 0 Å². The molecule has 186 valence electrons. The van der Waals surface area contributed by atoms with Gasteiger partial charge in [-0.2, -0.15) is 5.10 Å². The number of H-pyrrole nitrogens is 1. The molecule has 1 fully saturated rings. The summed E-state index contributed by atoms with van der Waals surface area (Å²) in [6, 6.07) is 10.4. The highest BCUT2D eigenvalue weighted by Crippen LogP contribution is 2.38. The molecule has 0 radical (unpaired) electrons. The first kappa shape index (κ1) is 23.3. The van der Waals surface area contributed by atoms with E-state index in [1.807, 2.05) is 12.3 Å². The Morgan fingerprint density at radius 2 is 1.83 bits per heavy atom. The lowest BCUT2D eigenvalue weighted by Gasteiger charge is -2.41. The summed E-state index contributed by atoms with van der Waals surface area (Å²) in [6.45, 7) is 12.7. The van der Waals surface area contributed by atoms with Gasteiger partial charge in [-0.1, -0.05) is 37.6 Å². The van der Waals surface area contributed by atoms with Crippen molar-refractivity contribution in [3.63, 3.8) is 0 Å². The van der Waals surface area contributed by atoms with E-state index in [1.165, 1.54) is 35.2 Å². The van der Waals surface area contributed by atoms with Gasteiger partial charge in [-0.15, -0.1) is 0 Å². The number of benzene rings is 2. The molecule has 6 rings (SSSR count). The monoisotopic (exact) mass is 500 g/mol. The van der Waals surface area contributed by atoms with Crippen molar-refractivity contribution in [2.24, 2.45) is 5.41 Å². The standard InChI is InChI=1S/C29H33ClN6/c1-18-6-8-20(30)14-25(18)35-13-10-23-22(16-35)28(36-12-5-11-29(3,4)17-36)33-27(32-23)26-19(2)7-9-24-21(26)15-31-34-24/h6-9,14-15H,5,10-13,16-17H2,1-4H3,(H,31,34). The number of rotatable bonds is 3. The molecule has 2 aromatic heterocycles. The van der Waals surface area contributed by atoms with Crippen molar-refractivity contribution in [2.45, 2.75) is 53.5 Å². The maximum Gasteiger partial charge on any atom is 0.162 e. The van der Waals surface area contributed by atoms with Crippen molar-refractivity contribution in [3.8, 4) is 11.4 Å². The van der Waals surface area contributed by atoms with Crippen LogP contribution in [0, 0.1) is 19.3 Å². The van der Waals surface area contributed by atoms with Crippen LogP contribution in [0.15, 0.2) is 36.5 Å². The Morgan fingerprint density at radius 1 is 1.00 bits per heavy atom. The summed E-state index contributed by atoms with van der Waals surface area (Å²) >= 11 is 6.40. The molecule has 0 bridgehead atoms. The van der Waals surface area contributed by atoms with Crippen LogP contribution >= 0.6 is 11.6 Å². The molecule has 0 aliphatic carbocycles. The Bertz CT molecular complexity index is 1460. The van der Waals surface area contributed by atoms with E-state index in [1.54, 1.807) is 0 Å². The van der Waals surface area contributed by atoms with E-state index >= 15 is 0 Å². The van der Waals surface area contributed by atoms with E-state index in [2.05, 4.69) is 72.0 Å². The summed E-state index contributed by atoms with van der Waals surface area (Å²) in [4.78, 5) is 15.5. The van der Waals surface area contributed by atoms with Crippen LogP contribution in [0.2, 0.25) is 5.02 Å². The van der Waals surface area contributed by atoms with Crippen LogP contribution in [-0.4, -0.2) is 39.8 Å². The lowest BCUT2D eigenvalue weighted by molar-refractivity contribution is 0.291. The van der Waals surface area contributed by atoms with Crippen LogP contribution in [0.4, 0.5) is 11.5 Å². The number of aromatic nitrogens is 4. The van der Waals surface area contributed by atoms with Gasteiger partial charge in [0.05, 0.1) is 17.4 Å². The van der Waals surface area contributed by atoms with E-state index in [-0.39, 0.29) is 5.41 Å². The molecule has 2 aromatic carbocycles. The molecule has 2 aliphatic rings. The minimum absolute atomic E-state index is 0.259. The van der Waals surface area contributed by atoms with Crippen molar-refractivity contribution in [1.82, 2.24) is 20.2 Å². The van der Waals surface area contributed by atoms with Crippen molar-refractivity contribution in [2.75, 3.05) is 29.4 Å². The van der Waals surface area contributed by atoms with Gasteiger partial charge in [0.15, 0.2) is 5.82 Å². The highest BCUT2D eigenvalue weighted by molar-refractivity contribution is 6.30. The lowest BCUT2D eigenvalue weighted by Crippen LogP contribution is -2.42. The van der Waals surface area contributed by atoms with Gasteiger partial charge < -0.3 is 9.80 Å². The summed E-state index contributed by atoms with van der Waals surface area (Å²) in [5.41, 5.74) is 8.36. The topological polar surface area (TPSA) is 60.9 Å². The maximum atomic E-state index is 6.40. The van der Waals surface area contributed by atoms with Crippen LogP contribution in [0.3, 0.4) is 0 Å². The highest BCUT2D eigenvalue weighted by Gasteiger charge is 2.32. The SMILES string of the molecule is Cc1ccc(Cl)cc1N1CCc2nc(-c3c(C)ccc4[nH]ncc34)nc(N3CCCC(C)(C)C3)c2C1. The number of halogens is 1. The van der Waals surface area contributed by atoms with E-state index in [0.717, 1.165) is 71.4 Å². The van der Waals surface area contributed by atoms with E-state index in [0.29, 0.717) is 0 Å². The van der Waals surface area contributed by atoms with Gasteiger partial charge in [-0.25, -0.2) is 9.97 Å². The molecular weight excluding hydrogens is 468 g/mol. The third-order valence-corrected chi connectivity index (χ3v) is 8.04. The Hall–Kier alpha value is -3.12. The zero-order valence-electron chi connectivity index (χ0n) is 21.5. The predicted octanol–water partition coefficient (Wildman–Crippen LogP) is 6.48. The number of piperidine rings is 1. The zero-order valence-corrected chi connectivity index (χ0v) is 22.3. The smallest absolute Gasteiger partial charge is 0.162 e. The van der Waals surface area contributed by atoms with Crippen molar-refractivity contribution in [3.05, 3.63) is 63.9 Å². The number of anilines is 2. The number of nitrogens with zero attached hydrogens (tertiary/aromatic N) is 5. The van der Waals surface area contributed by atoms with Gasteiger partial charge in [-0.3, -0.25) is 5.10 Å². The van der Waals surface area contributed by atoms with Gasteiger partial charge in [0.25, 0.3) is 0 Å². The molecule has 4 heterocycles. The molecule has 0 atom stereocenters. The van der Waals surface area contributed by atoms with E-state index in [4.69, 9.17) is 21.6 Å². The van der Waals surface area contributed by atoms with Gasteiger partial charge in [0, 0.05) is 59.8 Å². The van der Waals surface area contributed by atoms with Gasteiger partial charge in [0.1, 0.15) is 5.82 Å². The maximum absolute atomic E-state index is 6.40. The van der Waals surface area contributed by atoms with Crippen molar-refractivity contribution in [1.29, 1.82) is 0 Å². The third kappa shape index (κ3) is 4.11. The molecule has 6 nitrogen and oxygen atoms in total. The summed E-state index contributed by atoms with van der Waals surface area (Å²) in [5, 5.41) is 9.25. The largest absolute Gasteiger partial charge is 0.366 e. The van der Waals surface area contributed by atoms with Crippen molar-refractivity contribution < 1.29 is 0 Å². The van der Waals surface area contributed by atoms with Crippen LogP contribution in [0.1, 0.15) is 49.1 Å². The summed E-state index contributed by atoms with van der Waals surface area (Å²) in [7, 11) is 0. The molecule has 7 heteroatoms. The third-order valence-electron chi connectivity index (χ3n) is 7.81. The summed E-state index contributed by atoms with van der Waals surface area (Å²) < 4.78 is 0. The molecule has 1 saturated heterocycles. The number of aromatic amines is 1. The molecule has 0 spiro atoms. The molecule has 0 saturated carbocycles. The summed E-state index contributed by atoms with van der Waals surface area (Å²) in [6.07, 6.45) is 5.19. The second-order valence-corrected chi connectivity index (χ2v) is 11.6. The Kier molecular flexibility index (Phi) is 5.67. The molecule has 1 N–H and O–H groups in total. The quantitative estimate of drug-likeness (QED) is 0.349. The minimum atomic E-state index is 0.259. The minimum Gasteiger partial charge on any atom is -0.366 e. The Morgan fingerprint density at radius 3 is 2.67 bits per heavy atom. The molecule has 4 aromatic rings. The second kappa shape index (κ2) is 8.77. The average molecular weight is 501 g/mol. The summed E-state index contributed by atoms with van der Waals surface area (Å²) in [5.74, 6) is 1.90. The average Bonchev–Trinajstić information content (AvgIpc) is 3.32. The van der Waals surface area contributed by atoms with Crippen LogP contribution in [-0.2, 0) is 13.0 Å². The lowest BCUT2D eigenvalue weighted by atomic mass is 9.84. The molecule has 0 amide bonds. The highest BCUT2D eigenvalue weighted by atomic mass is 35.5. The van der Waals surface area contributed by atoms with Crippen molar-refractivity contribution >= 4 is 34.0 Å². The normalized spacial score (nSPS) is 17.5. The van der Waals surface area contributed by atoms with Gasteiger partial charge in [-0.05, 0) is 61.4 Å². The van der Waals surface area contributed by atoms with E-state index < -0.39 is 0 Å². The number of hydrogen-bond acceptors (Lipinski definition) is 5. The first-order valence-electron chi connectivity index (χ1n) is 12.9. The Balaban J connectivity index is 1.50. The molecule has 0 unspecified atom stereocenters. The first-order valence-corrected chi connectivity index (χ1v) is 13.3. The molecule has 36 heavy (non-hydrogen) atoms. The van der Waals surface area contributed by atoms with Crippen LogP contribution in [0.5, 0.6) is 0 Å². The van der Waals surface area contributed by atoms with Crippen LogP contribution in [0.25, 0.3) is 22.3 Å². The fourth-order valence-corrected chi connectivity index (χ4v) is 6.09. The molecular formula is C29H33ClN6. The first-order chi connectivity index (χ1) is 17.3. The number of aryl methyl sites for hydroxylation is 2. The fraction of sp³-hybridized carbons (Fsp3) is 0.414. The number of nitrogens with one attached hydrogen (secondary N) is 1. The number of hydrogen-bond donors (Lipinski definition) is 1. The zero-order chi connectivity index (χ0) is 25.0. The fourth-order valence-electron chi connectivity index (χ4n) is 5.93. The molecule has 2 aliphatic heterocycles.